The molecule has 2 fully saturated rings. The highest BCUT2D eigenvalue weighted by Crippen LogP contribution is 2.46. The van der Waals surface area contributed by atoms with Crippen LogP contribution in [0.2, 0.25) is 0 Å². The van der Waals surface area contributed by atoms with E-state index in [4.69, 9.17) is 15.7 Å². The molecule has 7 rings (SSSR count). The van der Waals surface area contributed by atoms with Crippen molar-refractivity contribution in [1.29, 1.82) is 0 Å². The molecule has 37 heavy (non-hydrogen) atoms. The van der Waals surface area contributed by atoms with Gasteiger partial charge in [0.15, 0.2) is 0 Å². The van der Waals surface area contributed by atoms with Gasteiger partial charge in [-0.15, -0.1) is 0 Å². The lowest BCUT2D eigenvalue weighted by Gasteiger charge is -2.47. The molecule has 3 aromatic heterocycles. The third-order valence-electron chi connectivity index (χ3n) is 8.11. The normalized spacial score (nSPS) is 21.7. The van der Waals surface area contributed by atoms with E-state index in [1.54, 1.807) is 6.20 Å². The Balaban J connectivity index is 1.31. The van der Waals surface area contributed by atoms with E-state index >= 15 is 0 Å². The van der Waals surface area contributed by atoms with Gasteiger partial charge in [-0.2, -0.15) is 5.10 Å². The maximum absolute atomic E-state index is 11.1. The highest BCUT2D eigenvalue weighted by Gasteiger charge is 2.47. The van der Waals surface area contributed by atoms with E-state index < -0.39 is 5.60 Å². The number of pyridine rings is 1. The lowest BCUT2D eigenvalue weighted by molar-refractivity contribution is -0.0836. The fourth-order valence-corrected chi connectivity index (χ4v) is 6.00. The van der Waals surface area contributed by atoms with Crippen molar-refractivity contribution >= 4 is 22.1 Å². The van der Waals surface area contributed by atoms with Gasteiger partial charge in [-0.25, -0.2) is 14.5 Å². The Labute approximate surface area is 215 Å². The monoisotopic (exact) mass is 490 g/mol. The first-order chi connectivity index (χ1) is 18.0. The van der Waals surface area contributed by atoms with Crippen LogP contribution in [0.3, 0.4) is 0 Å². The molecule has 0 bridgehead atoms. The summed E-state index contributed by atoms with van der Waals surface area (Å²) < 4.78 is 1.88. The maximum atomic E-state index is 11.1. The molecule has 186 valence electrons. The predicted octanol–water partition coefficient (Wildman–Crippen LogP) is 4.82. The van der Waals surface area contributed by atoms with E-state index in [0.717, 1.165) is 70.0 Å². The quantitative estimate of drug-likeness (QED) is 0.367. The van der Waals surface area contributed by atoms with Crippen molar-refractivity contribution in [2.24, 2.45) is 0 Å². The minimum Gasteiger partial charge on any atom is -0.397 e. The van der Waals surface area contributed by atoms with Crippen LogP contribution < -0.4 is 5.73 Å². The molecule has 1 aliphatic carbocycles. The van der Waals surface area contributed by atoms with E-state index in [2.05, 4.69) is 53.3 Å². The van der Waals surface area contributed by atoms with Crippen molar-refractivity contribution in [2.75, 3.05) is 25.4 Å². The largest absolute Gasteiger partial charge is 0.397 e. The van der Waals surface area contributed by atoms with Crippen molar-refractivity contribution in [3.05, 3.63) is 78.2 Å². The first kappa shape index (κ1) is 22.4. The Morgan fingerprint density at radius 2 is 1.78 bits per heavy atom. The summed E-state index contributed by atoms with van der Waals surface area (Å²) in [5.41, 5.74) is 13.2. The molecule has 0 unspecified atom stereocenters. The number of nitrogen functional groups attached to an aromatic ring is 1. The van der Waals surface area contributed by atoms with Crippen LogP contribution in [0.25, 0.3) is 38.9 Å². The summed E-state index contributed by atoms with van der Waals surface area (Å²) in [5, 5.41) is 16.8. The van der Waals surface area contributed by atoms with E-state index in [9.17, 15) is 5.11 Å². The van der Waals surface area contributed by atoms with Crippen molar-refractivity contribution in [3.63, 3.8) is 0 Å². The molecule has 4 heterocycles. The summed E-state index contributed by atoms with van der Waals surface area (Å²) in [6, 6.07) is 20.5. The predicted molar refractivity (Wildman–Crippen MR) is 146 cm³/mol. The van der Waals surface area contributed by atoms with E-state index in [0.29, 0.717) is 18.5 Å². The fourth-order valence-electron chi connectivity index (χ4n) is 6.00. The molecule has 0 amide bonds. The molecule has 2 aromatic carbocycles. The second-order valence-electron chi connectivity index (χ2n) is 10.7. The number of nitrogens with zero attached hydrogens (tertiary/aromatic N) is 5. The minimum absolute atomic E-state index is 0.144. The zero-order valence-corrected chi connectivity index (χ0v) is 20.9. The number of fused-ring (bicyclic) bond motifs is 2. The lowest BCUT2D eigenvalue weighted by Crippen LogP contribution is -2.54. The van der Waals surface area contributed by atoms with Gasteiger partial charge in [0.1, 0.15) is 17.0 Å². The summed E-state index contributed by atoms with van der Waals surface area (Å²) in [6.07, 6.45) is 4.33. The summed E-state index contributed by atoms with van der Waals surface area (Å²) >= 11 is 0. The first-order valence-electron chi connectivity index (χ1n) is 13.0. The van der Waals surface area contributed by atoms with Crippen LogP contribution >= 0.6 is 0 Å². The average molecular weight is 491 g/mol. The van der Waals surface area contributed by atoms with Gasteiger partial charge in [-0.1, -0.05) is 48.5 Å². The van der Waals surface area contributed by atoms with Crippen molar-refractivity contribution in [1.82, 2.24) is 24.5 Å². The number of β-amino-alcohol motifs (C(OH)–C–C–N with tert-alkyl or cyclic N) is 1. The molecule has 1 saturated carbocycles. The second kappa shape index (κ2) is 8.36. The Morgan fingerprint density at radius 1 is 1.00 bits per heavy atom. The third-order valence-corrected chi connectivity index (χ3v) is 8.11. The minimum atomic E-state index is -0.645. The average Bonchev–Trinajstić information content (AvgIpc) is 3.26. The van der Waals surface area contributed by atoms with Crippen molar-refractivity contribution in [3.8, 4) is 22.5 Å². The van der Waals surface area contributed by atoms with E-state index in [1.165, 1.54) is 6.42 Å². The number of likely N-dealkylation sites (tertiary alicyclic amines) is 1. The lowest BCUT2D eigenvalue weighted by atomic mass is 9.70. The summed E-state index contributed by atoms with van der Waals surface area (Å²) in [6.45, 7) is 5.02. The fraction of sp³-hybridized carbons (Fsp3) is 0.300. The molecule has 1 saturated heterocycles. The standard InChI is InChI=1S/C30H30N6O/c1-19-23(10-8-21-9-11-25(33-26(19)21)20-6-3-2-4-7-20)27-28-24(31)12-13-32-36(28)29(34-27)22-16-30(37,17-22)18-35-14-5-15-35/h2-4,6-13,22,37H,5,14-18,31H2,1H3. The smallest absolute Gasteiger partial charge is 0.134 e. The molecule has 0 atom stereocenters. The van der Waals surface area contributed by atoms with Gasteiger partial charge in [0.05, 0.1) is 28.7 Å². The Morgan fingerprint density at radius 3 is 2.54 bits per heavy atom. The molecule has 1 aliphatic heterocycles. The van der Waals surface area contributed by atoms with Gasteiger partial charge in [-0.05, 0) is 57.0 Å². The number of benzene rings is 2. The number of aliphatic hydroxyl groups is 1. The van der Waals surface area contributed by atoms with Crippen LogP contribution in [0.15, 0.2) is 66.9 Å². The number of aryl methyl sites for hydroxylation is 1. The highest BCUT2D eigenvalue weighted by molar-refractivity contribution is 5.95. The highest BCUT2D eigenvalue weighted by atomic mass is 16.3. The van der Waals surface area contributed by atoms with Gasteiger partial charge in [0.2, 0.25) is 0 Å². The SMILES string of the molecule is Cc1c(-c2nc(C3CC(O)(CN4CCC4)C3)n3nccc(N)c23)ccc2ccc(-c3ccccc3)nc12. The van der Waals surface area contributed by atoms with Crippen LogP contribution in [0.1, 0.15) is 36.6 Å². The van der Waals surface area contributed by atoms with Gasteiger partial charge in [0.25, 0.3) is 0 Å². The molecular weight excluding hydrogens is 460 g/mol. The number of hydrogen-bond acceptors (Lipinski definition) is 6. The molecule has 0 spiro atoms. The maximum Gasteiger partial charge on any atom is 0.134 e. The second-order valence-corrected chi connectivity index (χ2v) is 10.7. The van der Waals surface area contributed by atoms with E-state index in [-0.39, 0.29) is 5.92 Å². The third kappa shape index (κ3) is 3.69. The number of anilines is 1. The zero-order chi connectivity index (χ0) is 25.1. The van der Waals surface area contributed by atoms with Crippen LogP contribution in [-0.2, 0) is 0 Å². The van der Waals surface area contributed by atoms with Crippen LogP contribution in [0, 0.1) is 6.92 Å². The topological polar surface area (TPSA) is 92.6 Å². The number of nitrogens with two attached hydrogens (primary N) is 1. The van der Waals surface area contributed by atoms with Gasteiger partial charge >= 0.3 is 0 Å². The molecule has 7 nitrogen and oxygen atoms in total. The number of hydrogen-bond donors (Lipinski definition) is 2. The van der Waals surface area contributed by atoms with E-state index in [1.807, 2.05) is 28.8 Å². The summed E-state index contributed by atoms with van der Waals surface area (Å²) in [4.78, 5) is 12.5. The van der Waals surface area contributed by atoms with Gasteiger partial charge in [0, 0.05) is 29.0 Å². The Bertz CT molecular complexity index is 1630. The summed E-state index contributed by atoms with van der Waals surface area (Å²) in [7, 11) is 0. The molecular formula is C30H30N6O. The van der Waals surface area contributed by atoms with Crippen LogP contribution in [0.4, 0.5) is 5.69 Å². The molecule has 7 heteroatoms. The van der Waals surface area contributed by atoms with Gasteiger partial charge < -0.3 is 15.7 Å². The Hall–Kier alpha value is -3.81. The van der Waals surface area contributed by atoms with Crippen LogP contribution in [0.5, 0.6) is 0 Å². The Kier molecular flexibility index (Phi) is 5.06. The molecule has 5 aromatic rings. The first-order valence-corrected chi connectivity index (χ1v) is 13.0. The van der Waals surface area contributed by atoms with Gasteiger partial charge in [-0.3, -0.25) is 0 Å². The van der Waals surface area contributed by atoms with Crippen molar-refractivity contribution in [2.45, 2.75) is 37.7 Å². The van der Waals surface area contributed by atoms with Crippen LogP contribution in [-0.4, -0.2) is 54.8 Å². The molecule has 3 N–H and O–H groups in total. The molecule has 0 radical (unpaired) electrons. The molecule has 2 aliphatic rings. The summed E-state index contributed by atoms with van der Waals surface area (Å²) in [5.74, 6) is 1.02. The number of imidazole rings is 1. The zero-order valence-electron chi connectivity index (χ0n) is 20.9. The van der Waals surface area contributed by atoms with Crippen molar-refractivity contribution < 1.29 is 5.11 Å². The number of aromatic nitrogens is 4. The number of rotatable bonds is 5.